The van der Waals surface area contributed by atoms with Crippen LogP contribution in [0.4, 0.5) is 0 Å². The normalized spacial score (nSPS) is 18.6. The molecular weight excluding hydrogens is 280 g/mol. The number of aromatic amines is 1. The number of halogens is 1. The summed E-state index contributed by atoms with van der Waals surface area (Å²) >= 11 is 3.44. The molecule has 1 fully saturated rings. The van der Waals surface area contributed by atoms with Gasteiger partial charge in [-0.15, -0.1) is 0 Å². The molecule has 2 rings (SSSR count). The molecular formula is C13H21BrN2O. The second-order valence-electron chi connectivity index (χ2n) is 6.02. The van der Waals surface area contributed by atoms with Crippen LogP contribution in [-0.4, -0.2) is 9.78 Å². The summed E-state index contributed by atoms with van der Waals surface area (Å²) in [7, 11) is 0. The Bertz CT molecular complexity index is 447. The van der Waals surface area contributed by atoms with E-state index in [1.807, 2.05) is 4.68 Å². The van der Waals surface area contributed by atoms with E-state index in [9.17, 15) is 4.79 Å². The smallest absolute Gasteiger partial charge is 0.281 e. The molecule has 0 bridgehead atoms. The van der Waals surface area contributed by atoms with Crippen molar-refractivity contribution in [2.45, 2.75) is 64.3 Å². The average Bonchev–Trinajstić information content (AvgIpc) is 2.57. The predicted molar refractivity (Wildman–Crippen MR) is 73.6 cm³/mol. The maximum absolute atomic E-state index is 12.2. The van der Waals surface area contributed by atoms with E-state index < -0.39 is 0 Å². The van der Waals surface area contributed by atoms with Gasteiger partial charge in [-0.05, 0) is 28.8 Å². The molecule has 0 aliphatic heterocycles. The first-order valence-corrected chi connectivity index (χ1v) is 7.21. The zero-order chi connectivity index (χ0) is 12.6. The van der Waals surface area contributed by atoms with Crippen LogP contribution in [-0.2, 0) is 5.41 Å². The number of H-pyrrole nitrogens is 1. The molecule has 1 aliphatic rings. The van der Waals surface area contributed by atoms with E-state index >= 15 is 0 Å². The van der Waals surface area contributed by atoms with Crippen LogP contribution in [0.3, 0.4) is 0 Å². The molecule has 0 spiro atoms. The quantitative estimate of drug-likeness (QED) is 0.843. The number of hydrogen-bond acceptors (Lipinski definition) is 1. The van der Waals surface area contributed by atoms with E-state index in [1.54, 1.807) is 0 Å². The summed E-state index contributed by atoms with van der Waals surface area (Å²) in [4.78, 5) is 12.2. The van der Waals surface area contributed by atoms with Crippen LogP contribution in [0.5, 0.6) is 0 Å². The third-order valence-electron chi connectivity index (χ3n) is 3.55. The van der Waals surface area contributed by atoms with Crippen molar-refractivity contribution in [2.24, 2.45) is 0 Å². The van der Waals surface area contributed by atoms with Crippen LogP contribution in [0.15, 0.2) is 9.27 Å². The Morgan fingerprint density at radius 2 is 1.82 bits per heavy atom. The van der Waals surface area contributed by atoms with Gasteiger partial charge in [0.2, 0.25) is 0 Å². The SMILES string of the molecule is CC(C)(C)c1[nH]n(C2CCCCC2)c(=O)c1Br. The Kier molecular flexibility index (Phi) is 3.53. The molecule has 1 N–H and O–H groups in total. The molecule has 0 radical (unpaired) electrons. The minimum Gasteiger partial charge on any atom is -0.298 e. The first kappa shape index (κ1) is 12.9. The Morgan fingerprint density at radius 1 is 1.24 bits per heavy atom. The second kappa shape index (κ2) is 4.63. The van der Waals surface area contributed by atoms with Crippen molar-refractivity contribution in [3.05, 3.63) is 20.5 Å². The monoisotopic (exact) mass is 300 g/mol. The van der Waals surface area contributed by atoms with E-state index in [4.69, 9.17) is 0 Å². The molecule has 1 saturated carbocycles. The summed E-state index contributed by atoms with van der Waals surface area (Å²) in [5.74, 6) is 0. The van der Waals surface area contributed by atoms with Gasteiger partial charge in [0.1, 0.15) is 4.47 Å². The van der Waals surface area contributed by atoms with Crippen LogP contribution in [0, 0.1) is 0 Å². The number of hydrogen-bond donors (Lipinski definition) is 1. The standard InChI is InChI=1S/C13H21BrN2O/c1-13(2,3)11-10(14)12(17)16(15-11)9-7-5-4-6-8-9/h9,15H,4-8H2,1-3H3. The van der Waals surface area contributed by atoms with Gasteiger partial charge in [0, 0.05) is 5.41 Å². The van der Waals surface area contributed by atoms with Gasteiger partial charge in [-0.1, -0.05) is 40.0 Å². The van der Waals surface area contributed by atoms with Crippen LogP contribution < -0.4 is 5.56 Å². The van der Waals surface area contributed by atoms with Gasteiger partial charge in [0.15, 0.2) is 0 Å². The molecule has 1 heterocycles. The molecule has 1 aromatic rings. The molecule has 4 heteroatoms. The van der Waals surface area contributed by atoms with Gasteiger partial charge < -0.3 is 0 Å². The minimum atomic E-state index is -0.0299. The van der Waals surface area contributed by atoms with Gasteiger partial charge in [-0.3, -0.25) is 9.89 Å². The van der Waals surface area contributed by atoms with E-state index in [1.165, 1.54) is 19.3 Å². The first-order valence-electron chi connectivity index (χ1n) is 6.42. The number of aromatic nitrogens is 2. The fourth-order valence-corrected chi connectivity index (χ4v) is 3.40. The Hall–Kier alpha value is -0.510. The highest BCUT2D eigenvalue weighted by Gasteiger charge is 2.26. The third-order valence-corrected chi connectivity index (χ3v) is 4.28. The molecule has 0 atom stereocenters. The lowest BCUT2D eigenvalue weighted by Gasteiger charge is -2.23. The van der Waals surface area contributed by atoms with E-state index in [0.29, 0.717) is 10.5 Å². The van der Waals surface area contributed by atoms with Crippen molar-refractivity contribution in [3.63, 3.8) is 0 Å². The minimum absolute atomic E-state index is 0.0299. The van der Waals surface area contributed by atoms with Crippen LogP contribution >= 0.6 is 15.9 Å². The van der Waals surface area contributed by atoms with Crippen LogP contribution in [0.25, 0.3) is 0 Å². The van der Waals surface area contributed by atoms with Crippen LogP contribution in [0.1, 0.15) is 64.6 Å². The summed E-state index contributed by atoms with van der Waals surface area (Å²) in [6.45, 7) is 6.36. The summed E-state index contributed by atoms with van der Waals surface area (Å²) < 4.78 is 2.54. The topological polar surface area (TPSA) is 37.8 Å². The maximum atomic E-state index is 12.2. The Morgan fingerprint density at radius 3 is 2.29 bits per heavy atom. The molecule has 0 saturated heterocycles. The van der Waals surface area contributed by atoms with E-state index in [0.717, 1.165) is 18.5 Å². The molecule has 17 heavy (non-hydrogen) atoms. The van der Waals surface area contributed by atoms with E-state index in [-0.39, 0.29) is 11.0 Å². The molecule has 1 aliphatic carbocycles. The molecule has 0 aromatic carbocycles. The molecule has 3 nitrogen and oxygen atoms in total. The van der Waals surface area contributed by atoms with Gasteiger partial charge in [0.05, 0.1) is 11.7 Å². The van der Waals surface area contributed by atoms with Crippen molar-refractivity contribution in [3.8, 4) is 0 Å². The lowest BCUT2D eigenvalue weighted by molar-refractivity contribution is 0.319. The summed E-state index contributed by atoms with van der Waals surface area (Å²) in [6.07, 6.45) is 6.02. The number of nitrogens with zero attached hydrogens (tertiary/aromatic N) is 1. The summed E-state index contributed by atoms with van der Waals surface area (Å²) in [5.41, 5.74) is 1.08. The Balaban J connectivity index is 2.39. The van der Waals surface area contributed by atoms with Crippen molar-refractivity contribution < 1.29 is 0 Å². The van der Waals surface area contributed by atoms with Gasteiger partial charge >= 0.3 is 0 Å². The fraction of sp³-hybridized carbons (Fsp3) is 0.769. The molecule has 0 amide bonds. The summed E-state index contributed by atoms with van der Waals surface area (Å²) in [6, 6.07) is 0.364. The highest BCUT2D eigenvalue weighted by Crippen LogP contribution is 2.30. The highest BCUT2D eigenvalue weighted by molar-refractivity contribution is 9.10. The lowest BCUT2D eigenvalue weighted by atomic mass is 9.93. The third kappa shape index (κ3) is 2.51. The average molecular weight is 301 g/mol. The van der Waals surface area contributed by atoms with Crippen molar-refractivity contribution in [1.82, 2.24) is 9.78 Å². The van der Waals surface area contributed by atoms with Crippen molar-refractivity contribution >= 4 is 15.9 Å². The number of rotatable bonds is 1. The van der Waals surface area contributed by atoms with E-state index in [2.05, 4.69) is 41.8 Å². The lowest BCUT2D eigenvalue weighted by Crippen LogP contribution is -2.24. The fourth-order valence-electron chi connectivity index (χ4n) is 2.53. The highest BCUT2D eigenvalue weighted by atomic mass is 79.9. The molecule has 96 valence electrons. The maximum Gasteiger partial charge on any atom is 0.281 e. The van der Waals surface area contributed by atoms with Gasteiger partial charge in [-0.2, -0.15) is 0 Å². The summed E-state index contributed by atoms with van der Waals surface area (Å²) in [5, 5.41) is 3.32. The first-order chi connectivity index (χ1) is 7.91. The zero-order valence-electron chi connectivity index (χ0n) is 10.8. The Labute approximate surface area is 111 Å². The van der Waals surface area contributed by atoms with Crippen LogP contribution in [0.2, 0.25) is 0 Å². The number of nitrogens with one attached hydrogen (secondary N) is 1. The van der Waals surface area contributed by atoms with Gasteiger partial charge in [0.25, 0.3) is 5.56 Å². The molecule has 1 aromatic heterocycles. The predicted octanol–water partition coefficient (Wildman–Crippen LogP) is 3.74. The largest absolute Gasteiger partial charge is 0.298 e. The molecule has 0 unspecified atom stereocenters. The van der Waals surface area contributed by atoms with Crippen molar-refractivity contribution in [2.75, 3.05) is 0 Å². The van der Waals surface area contributed by atoms with Crippen molar-refractivity contribution in [1.29, 1.82) is 0 Å². The zero-order valence-corrected chi connectivity index (χ0v) is 12.4. The second-order valence-corrected chi connectivity index (χ2v) is 6.81. The van der Waals surface area contributed by atoms with Gasteiger partial charge in [-0.25, -0.2) is 4.68 Å².